The lowest BCUT2D eigenvalue weighted by molar-refractivity contribution is -0.141. The summed E-state index contributed by atoms with van der Waals surface area (Å²) in [6, 6.07) is 4.24. The molecule has 1 unspecified atom stereocenters. The summed E-state index contributed by atoms with van der Waals surface area (Å²) in [5.41, 5.74) is -0.532. The number of aliphatic hydroxyl groups excluding tert-OH is 1. The maximum Gasteiger partial charge on any atom is 0.433 e. The van der Waals surface area contributed by atoms with E-state index in [0.29, 0.717) is 18.5 Å². The Bertz CT molecular complexity index is 707. The van der Waals surface area contributed by atoms with E-state index in [2.05, 4.69) is 15.0 Å². The maximum absolute atomic E-state index is 13.3. The van der Waals surface area contributed by atoms with Crippen LogP contribution in [0.4, 0.5) is 19.0 Å². The number of aliphatic hydroxyl groups is 1. The fourth-order valence-electron chi connectivity index (χ4n) is 3.10. The van der Waals surface area contributed by atoms with E-state index in [-0.39, 0.29) is 24.3 Å². The van der Waals surface area contributed by atoms with Crippen LogP contribution in [0.1, 0.15) is 31.4 Å². The molecule has 3 rings (SSSR count). The van der Waals surface area contributed by atoms with Crippen LogP contribution >= 0.6 is 0 Å². The fraction of sp³-hybridized carbons (Fsp3) is 0.471. The van der Waals surface area contributed by atoms with Crippen LogP contribution in [0.5, 0.6) is 0 Å². The lowest BCUT2D eigenvalue weighted by Crippen LogP contribution is -2.41. The average molecular weight is 352 g/mol. The highest BCUT2D eigenvalue weighted by Gasteiger charge is 2.35. The summed E-state index contributed by atoms with van der Waals surface area (Å²) in [6.45, 7) is 0.610. The number of halogens is 3. The minimum absolute atomic E-state index is 0.00578. The number of piperidine rings is 1. The molecule has 1 saturated heterocycles. The number of alkyl halides is 3. The first-order valence-corrected chi connectivity index (χ1v) is 8.23. The third-order valence-electron chi connectivity index (χ3n) is 4.31. The molecule has 8 heteroatoms. The first kappa shape index (κ1) is 17.6. The van der Waals surface area contributed by atoms with Crippen LogP contribution in [0, 0.1) is 0 Å². The number of nitrogens with zero attached hydrogens (tertiary/aromatic N) is 4. The zero-order chi connectivity index (χ0) is 17.9. The molecule has 0 bridgehead atoms. The van der Waals surface area contributed by atoms with Crippen molar-refractivity contribution >= 4 is 5.82 Å². The molecule has 1 fully saturated rings. The Balaban J connectivity index is 2.06. The van der Waals surface area contributed by atoms with Gasteiger partial charge in [-0.05, 0) is 37.8 Å². The minimum Gasteiger partial charge on any atom is -0.396 e. The maximum atomic E-state index is 13.3. The van der Waals surface area contributed by atoms with Gasteiger partial charge < -0.3 is 10.0 Å². The van der Waals surface area contributed by atoms with Crippen molar-refractivity contribution in [2.45, 2.75) is 37.9 Å². The standard InChI is InChI=1S/C17H19F3N4O/c18-17(19,20)14-10-15(24-8-2-1-5-13(24)6-9-25)23-16(22-14)12-4-3-7-21-11-12/h3-4,7,10-11,13,25H,1-2,5-6,8-9H2. The van der Waals surface area contributed by atoms with Gasteiger partial charge in [0.1, 0.15) is 5.82 Å². The quantitative estimate of drug-likeness (QED) is 0.915. The Hall–Kier alpha value is -2.22. The monoisotopic (exact) mass is 352 g/mol. The summed E-state index contributed by atoms with van der Waals surface area (Å²) >= 11 is 0. The van der Waals surface area contributed by atoms with Crippen LogP contribution < -0.4 is 4.90 Å². The van der Waals surface area contributed by atoms with Gasteiger partial charge in [-0.25, -0.2) is 9.97 Å². The minimum atomic E-state index is -4.56. The van der Waals surface area contributed by atoms with E-state index in [0.717, 1.165) is 25.3 Å². The molecular formula is C17H19F3N4O. The molecule has 1 N–H and O–H groups in total. The van der Waals surface area contributed by atoms with Crippen molar-refractivity contribution in [3.63, 3.8) is 0 Å². The van der Waals surface area contributed by atoms with Crippen LogP contribution in [0.2, 0.25) is 0 Å². The van der Waals surface area contributed by atoms with Crippen LogP contribution in [0.15, 0.2) is 30.6 Å². The number of hydrogen-bond donors (Lipinski definition) is 1. The Morgan fingerprint density at radius 2 is 2.08 bits per heavy atom. The summed E-state index contributed by atoms with van der Waals surface area (Å²) in [6.07, 6.45) is 1.64. The summed E-state index contributed by atoms with van der Waals surface area (Å²) in [5, 5.41) is 9.25. The number of anilines is 1. The number of aromatic nitrogens is 3. The molecule has 1 aliphatic heterocycles. The van der Waals surface area contributed by atoms with Gasteiger partial charge in [-0.15, -0.1) is 0 Å². The third kappa shape index (κ3) is 4.07. The van der Waals surface area contributed by atoms with Crippen LogP contribution in [-0.4, -0.2) is 39.3 Å². The third-order valence-corrected chi connectivity index (χ3v) is 4.31. The zero-order valence-corrected chi connectivity index (χ0v) is 13.6. The van der Waals surface area contributed by atoms with E-state index in [1.54, 1.807) is 18.3 Å². The summed E-state index contributed by atoms with van der Waals surface area (Å²) in [4.78, 5) is 13.8. The molecule has 134 valence electrons. The molecule has 2 aromatic heterocycles. The lowest BCUT2D eigenvalue weighted by Gasteiger charge is -2.36. The van der Waals surface area contributed by atoms with Crippen molar-refractivity contribution in [1.29, 1.82) is 0 Å². The van der Waals surface area contributed by atoms with Crippen molar-refractivity contribution in [3.8, 4) is 11.4 Å². The first-order chi connectivity index (χ1) is 12.0. The molecule has 25 heavy (non-hydrogen) atoms. The normalized spacial score (nSPS) is 18.4. The molecule has 0 saturated carbocycles. The summed E-state index contributed by atoms with van der Waals surface area (Å²) in [5.74, 6) is 0.255. The van der Waals surface area contributed by atoms with E-state index in [1.807, 2.05) is 4.90 Å². The molecule has 0 aliphatic carbocycles. The Morgan fingerprint density at radius 1 is 1.24 bits per heavy atom. The molecule has 0 amide bonds. The molecule has 0 aromatic carbocycles. The van der Waals surface area contributed by atoms with Gasteiger partial charge in [0.2, 0.25) is 0 Å². The second kappa shape index (κ2) is 7.35. The van der Waals surface area contributed by atoms with E-state index < -0.39 is 11.9 Å². The van der Waals surface area contributed by atoms with E-state index in [1.165, 1.54) is 6.20 Å². The Kier molecular flexibility index (Phi) is 5.17. The van der Waals surface area contributed by atoms with Crippen molar-refractivity contribution in [1.82, 2.24) is 15.0 Å². The van der Waals surface area contributed by atoms with Gasteiger partial charge >= 0.3 is 6.18 Å². The predicted molar refractivity (Wildman–Crippen MR) is 87.0 cm³/mol. The van der Waals surface area contributed by atoms with Crippen molar-refractivity contribution < 1.29 is 18.3 Å². The summed E-state index contributed by atoms with van der Waals surface area (Å²) < 4.78 is 39.9. The predicted octanol–water partition coefficient (Wildman–Crippen LogP) is 3.30. The highest BCUT2D eigenvalue weighted by atomic mass is 19.4. The average Bonchev–Trinajstić information content (AvgIpc) is 2.62. The number of hydrogen-bond acceptors (Lipinski definition) is 5. The molecular weight excluding hydrogens is 333 g/mol. The highest BCUT2D eigenvalue weighted by molar-refractivity contribution is 5.57. The highest BCUT2D eigenvalue weighted by Crippen LogP contribution is 2.33. The van der Waals surface area contributed by atoms with E-state index >= 15 is 0 Å². The van der Waals surface area contributed by atoms with Gasteiger partial charge in [-0.3, -0.25) is 4.98 Å². The molecule has 0 radical (unpaired) electrons. The fourth-order valence-corrected chi connectivity index (χ4v) is 3.10. The second-order valence-corrected chi connectivity index (χ2v) is 6.03. The summed E-state index contributed by atoms with van der Waals surface area (Å²) in [7, 11) is 0. The molecule has 2 aromatic rings. The van der Waals surface area contributed by atoms with Gasteiger partial charge in [0.25, 0.3) is 0 Å². The Labute approximate surface area is 143 Å². The molecule has 1 atom stereocenters. The molecule has 5 nitrogen and oxygen atoms in total. The van der Waals surface area contributed by atoms with Gasteiger partial charge in [0.15, 0.2) is 11.5 Å². The van der Waals surface area contributed by atoms with Crippen LogP contribution in [0.25, 0.3) is 11.4 Å². The van der Waals surface area contributed by atoms with Crippen LogP contribution in [-0.2, 0) is 6.18 Å². The molecule has 0 spiro atoms. The van der Waals surface area contributed by atoms with Crippen LogP contribution in [0.3, 0.4) is 0 Å². The smallest absolute Gasteiger partial charge is 0.396 e. The largest absolute Gasteiger partial charge is 0.433 e. The number of pyridine rings is 1. The SMILES string of the molecule is OCCC1CCCCN1c1cc(C(F)(F)F)nc(-c2cccnc2)n1. The van der Waals surface area contributed by atoms with E-state index in [4.69, 9.17) is 0 Å². The van der Waals surface area contributed by atoms with E-state index in [9.17, 15) is 18.3 Å². The first-order valence-electron chi connectivity index (χ1n) is 8.23. The Morgan fingerprint density at radius 3 is 2.76 bits per heavy atom. The number of rotatable bonds is 4. The second-order valence-electron chi connectivity index (χ2n) is 6.03. The van der Waals surface area contributed by atoms with Gasteiger partial charge in [0, 0.05) is 43.2 Å². The zero-order valence-electron chi connectivity index (χ0n) is 13.6. The van der Waals surface area contributed by atoms with Gasteiger partial charge in [-0.1, -0.05) is 0 Å². The lowest BCUT2D eigenvalue weighted by atomic mass is 9.99. The molecule has 3 heterocycles. The topological polar surface area (TPSA) is 62.1 Å². The van der Waals surface area contributed by atoms with Crippen molar-refractivity contribution in [2.24, 2.45) is 0 Å². The van der Waals surface area contributed by atoms with Crippen molar-refractivity contribution in [3.05, 3.63) is 36.3 Å². The van der Waals surface area contributed by atoms with Gasteiger partial charge in [0.05, 0.1) is 0 Å². The van der Waals surface area contributed by atoms with Gasteiger partial charge in [-0.2, -0.15) is 13.2 Å². The van der Waals surface area contributed by atoms with Crippen molar-refractivity contribution in [2.75, 3.05) is 18.1 Å². The molecule has 1 aliphatic rings.